The van der Waals surface area contributed by atoms with Gasteiger partial charge in [-0.25, -0.2) is 0 Å². The summed E-state index contributed by atoms with van der Waals surface area (Å²) in [7, 11) is 0. The third-order valence-electron chi connectivity index (χ3n) is 2.90. The molecule has 0 aromatic carbocycles. The number of nitrogens with zero attached hydrogens (tertiary/aromatic N) is 2. The smallest absolute Gasteiger partial charge is 0.220 e. The molecule has 1 fully saturated rings. The van der Waals surface area contributed by atoms with Crippen molar-refractivity contribution in [2.24, 2.45) is 5.73 Å². The minimum Gasteiger partial charge on any atom is -0.335 e. The van der Waals surface area contributed by atoms with Gasteiger partial charge in [0.1, 0.15) is 0 Å². The van der Waals surface area contributed by atoms with E-state index in [9.17, 15) is 4.79 Å². The van der Waals surface area contributed by atoms with Gasteiger partial charge in [0.2, 0.25) is 5.91 Å². The Morgan fingerprint density at radius 3 is 2.20 bits per heavy atom. The van der Waals surface area contributed by atoms with Gasteiger partial charge in [-0.1, -0.05) is 0 Å². The fourth-order valence-electron chi connectivity index (χ4n) is 2.61. The third-order valence-corrected chi connectivity index (χ3v) is 2.90. The molecule has 3 atom stereocenters. The highest BCUT2D eigenvalue weighted by Crippen LogP contribution is 2.15. The highest BCUT2D eigenvalue weighted by molar-refractivity contribution is 5.74. The molecule has 4 heteroatoms. The van der Waals surface area contributed by atoms with Gasteiger partial charge < -0.3 is 10.6 Å². The lowest BCUT2D eigenvalue weighted by atomic mass is 10.1. The van der Waals surface area contributed by atoms with Crippen molar-refractivity contribution < 1.29 is 4.79 Å². The summed E-state index contributed by atoms with van der Waals surface area (Å²) in [5, 5.41) is 0. The van der Waals surface area contributed by atoms with E-state index < -0.39 is 0 Å². The molecule has 88 valence electrons. The third kappa shape index (κ3) is 3.18. The van der Waals surface area contributed by atoms with Gasteiger partial charge in [-0.05, 0) is 20.8 Å². The van der Waals surface area contributed by atoms with Gasteiger partial charge in [-0.15, -0.1) is 0 Å². The lowest BCUT2D eigenvalue weighted by Gasteiger charge is -2.44. The van der Waals surface area contributed by atoms with Crippen molar-refractivity contribution in [2.75, 3.05) is 19.6 Å². The summed E-state index contributed by atoms with van der Waals surface area (Å²) in [5.41, 5.74) is 5.79. The molecular formula is C11H23N3O. The molecule has 4 nitrogen and oxygen atoms in total. The highest BCUT2D eigenvalue weighted by Gasteiger charge is 2.30. The van der Waals surface area contributed by atoms with E-state index in [1.165, 1.54) is 0 Å². The topological polar surface area (TPSA) is 49.6 Å². The zero-order valence-electron chi connectivity index (χ0n) is 10.2. The molecule has 0 aromatic heterocycles. The van der Waals surface area contributed by atoms with Crippen molar-refractivity contribution in [2.45, 2.75) is 45.8 Å². The number of hydrogen-bond donors (Lipinski definition) is 1. The van der Waals surface area contributed by atoms with E-state index in [2.05, 4.69) is 18.7 Å². The van der Waals surface area contributed by atoms with Gasteiger partial charge in [0.05, 0.1) is 0 Å². The van der Waals surface area contributed by atoms with Crippen LogP contribution in [-0.2, 0) is 4.79 Å². The Morgan fingerprint density at radius 2 is 1.87 bits per heavy atom. The van der Waals surface area contributed by atoms with E-state index in [-0.39, 0.29) is 11.9 Å². The second-order valence-electron chi connectivity index (χ2n) is 4.82. The van der Waals surface area contributed by atoms with Gasteiger partial charge in [0.15, 0.2) is 0 Å². The molecule has 0 aromatic rings. The average molecular weight is 213 g/mol. The number of carbonyl (C=O) groups excluding carboxylic acids is 1. The molecule has 1 rings (SSSR count). The minimum absolute atomic E-state index is 0.176. The molecule has 0 spiro atoms. The predicted molar refractivity (Wildman–Crippen MR) is 61.5 cm³/mol. The van der Waals surface area contributed by atoms with E-state index in [0.29, 0.717) is 12.1 Å². The largest absolute Gasteiger partial charge is 0.335 e. The summed E-state index contributed by atoms with van der Waals surface area (Å²) in [5.74, 6) is 0.176. The van der Waals surface area contributed by atoms with Crippen LogP contribution in [0.15, 0.2) is 0 Å². The van der Waals surface area contributed by atoms with E-state index in [4.69, 9.17) is 5.73 Å². The minimum atomic E-state index is 0.176. The van der Waals surface area contributed by atoms with Crippen molar-refractivity contribution in [1.82, 2.24) is 9.80 Å². The maximum Gasteiger partial charge on any atom is 0.220 e. The molecule has 0 radical (unpaired) electrons. The second-order valence-corrected chi connectivity index (χ2v) is 4.82. The Hall–Kier alpha value is -0.610. The molecule has 0 aliphatic carbocycles. The van der Waals surface area contributed by atoms with Gasteiger partial charge >= 0.3 is 0 Å². The van der Waals surface area contributed by atoms with Gasteiger partial charge in [0, 0.05) is 44.7 Å². The van der Waals surface area contributed by atoms with Gasteiger partial charge in [0.25, 0.3) is 0 Å². The number of hydrogen-bond acceptors (Lipinski definition) is 3. The first-order valence-corrected chi connectivity index (χ1v) is 5.68. The monoisotopic (exact) mass is 213 g/mol. The van der Waals surface area contributed by atoms with Crippen LogP contribution < -0.4 is 5.73 Å². The number of carbonyl (C=O) groups is 1. The van der Waals surface area contributed by atoms with Crippen LogP contribution in [0.1, 0.15) is 27.7 Å². The van der Waals surface area contributed by atoms with E-state index >= 15 is 0 Å². The summed E-state index contributed by atoms with van der Waals surface area (Å²) in [6.45, 7) is 10.7. The Labute approximate surface area is 92.4 Å². The van der Waals surface area contributed by atoms with Gasteiger partial charge in [-0.2, -0.15) is 0 Å². The van der Waals surface area contributed by atoms with Crippen LogP contribution in [0.4, 0.5) is 0 Å². The molecule has 2 unspecified atom stereocenters. The molecule has 1 aliphatic heterocycles. The SMILES string of the molecule is CC(=O)N1C(C)CN(C[C@@H](C)N)CC1C. The zero-order valence-corrected chi connectivity index (χ0v) is 10.2. The first kappa shape index (κ1) is 12.5. The molecular weight excluding hydrogens is 190 g/mol. The summed E-state index contributed by atoms with van der Waals surface area (Å²) in [4.78, 5) is 15.7. The van der Waals surface area contributed by atoms with Crippen LogP contribution in [0.5, 0.6) is 0 Å². The molecule has 2 N–H and O–H groups in total. The van der Waals surface area contributed by atoms with Gasteiger partial charge in [-0.3, -0.25) is 9.69 Å². The first-order valence-electron chi connectivity index (χ1n) is 5.68. The van der Waals surface area contributed by atoms with Crippen LogP contribution >= 0.6 is 0 Å². The van der Waals surface area contributed by atoms with Crippen molar-refractivity contribution >= 4 is 5.91 Å². The Balaban J connectivity index is 2.58. The fourth-order valence-corrected chi connectivity index (χ4v) is 2.61. The number of nitrogens with two attached hydrogens (primary N) is 1. The second kappa shape index (κ2) is 4.94. The van der Waals surface area contributed by atoms with Crippen molar-refractivity contribution in [1.29, 1.82) is 0 Å². The fraction of sp³-hybridized carbons (Fsp3) is 0.909. The Morgan fingerprint density at radius 1 is 1.40 bits per heavy atom. The maximum absolute atomic E-state index is 11.4. The highest BCUT2D eigenvalue weighted by atomic mass is 16.2. The maximum atomic E-state index is 11.4. The van der Waals surface area contributed by atoms with E-state index in [0.717, 1.165) is 19.6 Å². The van der Waals surface area contributed by atoms with Crippen molar-refractivity contribution in [3.8, 4) is 0 Å². The summed E-state index contributed by atoms with van der Waals surface area (Å²) in [6, 6.07) is 0.795. The van der Waals surface area contributed by atoms with Crippen LogP contribution in [0.3, 0.4) is 0 Å². The lowest BCUT2D eigenvalue weighted by molar-refractivity contribution is -0.136. The van der Waals surface area contributed by atoms with Crippen LogP contribution in [0, 0.1) is 0 Å². The molecule has 1 heterocycles. The van der Waals surface area contributed by atoms with Crippen molar-refractivity contribution in [3.63, 3.8) is 0 Å². The number of piperazine rings is 1. The zero-order chi connectivity index (χ0) is 11.6. The van der Waals surface area contributed by atoms with Crippen molar-refractivity contribution in [3.05, 3.63) is 0 Å². The Bertz CT molecular complexity index is 218. The number of rotatable bonds is 2. The summed E-state index contributed by atoms with van der Waals surface area (Å²) in [6.07, 6.45) is 0. The van der Waals surface area contributed by atoms with Crippen LogP contribution in [0.2, 0.25) is 0 Å². The first-order chi connectivity index (χ1) is 6.91. The molecule has 1 saturated heterocycles. The van der Waals surface area contributed by atoms with Crippen LogP contribution in [-0.4, -0.2) is 53.5 Å². The summed E-state index contributed by atoms with van der Waals surface area (Å²) >= 11 is 0. The number of amides is 1. The van der Waals surface area contributed by atoms with E-state index in [1.807, 2.05) is 11.8 Å². The molecule has 0 saturated carbocycles. The molecule has 15 heavy (non-hydrogen) atoms. The summed E-state index contributed by atoms with van der Waals surface area (Å²) < 4.78 is 0. The van der Waals surface area contributed by atoms with Crippen LogP contribution in [0.25, 0.3) is 0 Å². The Kier molecular flexibility index (Phi) is 4.11. The molecule has 1 aliphatic rings. The molecule has 1 amide bonds. The normalized spacial score (nSPS) is 30.3. The predicted octanol–water partition coefficient (Wildman–Crippen LogP) is 0.275. The quantitative estimate of drug-likeness (QED) is 0.716. The lowest BCUT2D eigenvalue weighted by Crippen LogP contribution is -2.59. The standard InChI is InChI=1S/C11H23N3O/c1-8(12)5-13-6-9(2)14(11(4)15)10(3)7-13/h8-10H,5-7,12H2,1-4H3/t8-,9?,10?/m1/s1. The average Bonchev–Trinajstić information content (AvgIpc) is 1.99. The van der Waals surface area contributed by atoms with E-state index in [1.54, 1.807) is 6.92 Å². The molecule has 0 bridgehead atoms.